The highest BCUT2D eigenvalue weighted by atomic mass is 16.2. The van der Waals surface area contributed by atoms with Crippen LogP contribution in [0.15, 0.2) is 4.99 Å². The van der Waals surface area contributed by atoms with E-state index in [0.717, 1.165) is 50.8 Å². The molecule has 2 aliphatic carbocycles. The third-order valence-electron chi connectivity index (χ3n) is 5.27. The maximum Gasteiger partial charge on any atom is 0.225 e. The van der Waals surface area contributed by atoms with E-state index in [9.17, 15) is 4.79 Å². The highest BCUT2D eigenvalue weighted by Crippen LogP contribution is 2.28. The van der Waals surface area contributed by atoms with Crippen molar-refractivity contribution in [3.63, 3.8) is 0 Å². The SMILES string of the molecule is CN=C(NCC1CC1)NC1CCN(C(=O)C2CCCCC2)C1. The molecule has 1 atom stereocenters. The normalized spacial score (nSPS) is 27.0. The lowest BCUT2D eigenvalue weighted by molar-refractivity contribution is -0.135. The van der Waals surface area contributed by atoms with Crippen molar-refractivity contribution in [2.24, 2.45) is 16.8 Å². The standard InChI is InChI=1S/C17H30N4O/c1-18-17(19-11-13-7-8-13)20-15-9-10-21(12-15)16(22)14-5-3-2-4-6-14/h13-15H,2-12H2,1H3,(H2,18,19,20). The molecule has 1 aliphatic heterocycles. The van der Waals surface area contributed by atoms with E-state index >= 15 is 0 Å². The first-order valence-corrected chi connectivity index (χ1v) is 9.02. The van der Waals surface area contributed by atoms with E-state index < -0.39 is 0 Å². The number of hydrogen-bond acceptors (Lipinski definition) is 2. The molecule has 124 valence electrons. The molecule has 2 N–H and O–H groups in total. The molecule has 5 heteroatoms. The number of amides is 1. The predicted molar refractivity (Wildman–Crippen MR) is 88.8 cm³/mol. The van der Waals surface area contributed by atoms with Crippen LogP contribution >= 0.6 is 0 Å². The molecule has 0 spiro atoms. The minimum absolute atomic E-state index is 0.291. The van der Waals surface area contributed by atoms with Crippen molar-refractivity contribution in [1.29, 1.82) is 0 Å². The molecule has 0 aromatic heterocycles. The molecular weight excluding hydrogens is 276 g/mol. The Morgan fingerprint density at radius 2 is 1.91 bits per heavy atom. The fourth-order valence-electron chi connectivity index (χ4n) is 3.64. The summed E-state index contributed by atoms with van der Waals surface area (Å²) in [6.45, 7) is 2.75. The van der Waals surface area contributed by atoms with Crippen molar-refractivity contribution in [3.8, 4) is 0 Å². The van der Waals surface area contributed by atoms with E-state index in [2.05, 4.69) is 20.5 Å². The van der Waals surface area contributed by atoms with Crippen LogP contribution in [-0.4, -0.2) is 49.5 Å². The highest BCUT2D eigenvalue weighted by Gasteiger charge is 2.32. The molecule has 3 rings (SSSR count). The minimum Gasteiger partial charge on any atom is -0.356 e. The predicted octanol–water partition coefficient (Wildman–Crippen LogP) is 1.74. The zero-order valence-corrected chi connectivity index (χ0v) is 13.8. The summed E-state index contributed by atoms with van der Waals surface area (Å²) in [5.74, 6) is 2.42. The van der Waals surface area contributed by atoms with Gasteiger partial charge in [-0.1, -0.05) is 19.3 Å². The van der Waals surface area contributed by atoms with Crippen molar-refractivity contribution in [1.82, 2.24) is 15.5 Å². The first-order chi connectivity index (χ1) is 10.8. The van der Waals surface area contributed by atoms with Crippen molar-refractivity contribution >= 4 is 11.9 Å². The number of guanidine groups is 1. The van der Waals surface area contributed by atoms with E-state index in [4.69, 9.17) is 0 Å². The van der Waals surface area contributed by atoms with Gasteiger partial charge in [0.05, 0.1) is 0 Å². The lowest BCUT2D eigenvalue weighted by Crippen LogP contribution is -2.46. The summed E-state index contributed by atoms with van der Waals surface area (Å²) in [6.07, 6.45) is 9.66. The Kier molecular flexibility index (Phi) is 5.21. The number of rotatable bonds is 4. The van der Waals surface area contributed by atoms with E-state index in [1.807, 2.05) is 7.05 Å². The second-order valence-corrected chi connectivity index (χ2v) is 7.15. The van der Waals surface area contributed by atoms with Gasteiger partial charge in [-0.25, -0.2) is 0 Å². The summed E-state index contributed by atoms with van der Waals surface area (Å²) in [7, 11) is 1.82. The van der Waals surface area contributed by atoms with Gasteiger partial charge in [-0.15, -0.1) is 0 Å². The summed E-state index contributed by atoms with van der Waals surface area (Å²) >= 11 is 0. The lowest BCUT2D eigenvalue weighted by Gasteiger charge is -2.26. The molecule has 0 aromatic rings. The van der Waals surface area contributed by atoms with Gasteiger partial charge in [0, 0.05) is 38.6 Å². The summed E-state index contributed by atoms with van der Waals surface area (Å²) in [6, 6.07) is 0.345. The number of hydrogen-bond donors (Lipinski definition) is 2. The van der Waals surface area contributed by atoms with Gasteiger partial charge in [0.25, 0.3) is 0 Å². The Hall–Kier alpha value is -1.26. The minimum atomic E-state index is 0.291. The number of likely N-dealkylation sites (tertiary alicyclic amines) is 1. The van der Waals surface area contributed by atoms with Gasteiger partial charge in [0.1, 0.15) is 0 Å². The van der Waals surface area contributed by atoms with E-state index in [-0.39, 0.29) is 0 Å². The fraction of sp³-hybridized carbons (Fsp3) is 0.882. The molecule has 2 saturated carbocycles. The van der Waals surface area contributed by atoms with E-state index in [0.29, 0.717) is 17.9 Å². The highest BCUT2D eigenvalue weighted by molar-refractivity contribution is 5.81. The van der Waals surface area contributed by atoms with Gasteiger partial charge in [0.15, 0.2) is 5.96 Å². The smallest absolute Gasteiger partial charge is 0.225 e. The number of nitrogens with zero attached hydrogens (tertiary/aromatic N) is 2. The van der Waals surface area contributed by atoms with Crippen LogP contribution in [0.25, 0.3) is 0 Å². The Bertz CT molecular complexity index is 413. The third-order valence-corrected chi connectivity index (χ3v) is 5.27. The van der Waals surface area contributed by atoms with Crippen LogP contribution in [0.4, 0.5) is 0 Å². The molecule has 5 nitrogen and oxygen atoms in total. The molecular formula is C17H30N4O. The summed E-state index contributed by atoms with van der Waals surface area (Å²) in [5.41, 5.74) is 0. The number of aliphatic imine (C=N–C) groups is 1. The lowest BCUT2D eigenvalue weighted by atomic mass is 9.88. The van der Waals surface area contributed by atoms with Crippen molar-refractivity contribution < 1.29 is 4.79 Å². The van der Waals surface area contributed by atoms with Gasteiger partial charge < -0.3 is 15.5 Å². The monoisotopic (exact) mass is 306 g/mol. The van der Waals surface area contributed by atoms with Gasteiger partial charge in [-0.05, 0) is 38.0 Å². The zero-order chi connectivity index (χ0) is 15.4. The largest absolute Gasteiger partial charge is 0.356 e. The molecule has 3 aliphatic rings. The zero-order valence-electron chi connectivity index (χ0n) is 13.8. The molecule has 1 saturated heterocycles. The van der Waals surface area contributed by atoms with Crippen LogP contribution < -0.4 is 10.6 Å². The molecule has 1 heterocycles. The third kappa shape index (κ3) is 4.14. The average Bonchev–Trinajstić information content (AvgIpc) is 3.28. The average molecular weight is 306 g/mol. The van der Waals surface area contributed by atoms with Crippen LogP contribution in [-0.2, 0) is 4.79 Å². The summed E-state index contributed by atoms with van der Waals surface area (Å²) in [5, 5.41) is 6.88. The number of carbonyl (C=O) groups is 1. The number of nitrogens with one attached hydrogen (secondary N) is 2. The molecule has 1 unspecified atom stereocenters. The first kappa shape index (κ1) is 15.6. The van der Waals surface area contributed by atoms with E-state index in [1.54, 1.807) is 0 Å². The van der Waals surface area contributed by atoms with Crippen LogP contribution in [0.2, 0.25) is 0 Å². The quantitative estimate of drug-likeness (QED) is 0.614. The molecule has 1 amide bonds. The van der Waals surface area contributed by atoms with Crippen LogP contribution in [0.1, 0.15) is 51.4 Å². The first-order valence-electron chi connectivity index (χ1n) is 9.02. The summed E-state index contributed by atoms with van der Waals surface area (Å²) in [4.78, 5) is 19.0. The van der Waals surface area contributed by atoms with Crippen LogP contribution in [0.5, 0.6) is 0 Å². The molecule has 3 fully saturated rings. The van der Waals surface area contributed by atoms with Gasteiger partial charge in [-0.2, -0.15) is 0 Å². The Morgan fingerprint density at radius 1 is 1.14 bits per heavy atom. The fourth-order valence-corrected chi connectivity index (χ4v) is 3.64. The number of carbonyl (C=O) groups excluding carboxylic acids is 1. The van der Waals surface area contributed by atoms with Crippen molar-refractivity contribution in [2.45, 2.75) is 57.4 Å². The summed E-state index contributed by atoms with van der Waals surface area (Å²) < 4.78 is 0. The second-order valence-electron chi connectivity index (χ2n) is 7.15. The molecule has 0 aromatic carbocycles. The van der Waals surface area contributed by atoms with Crippen LogP contribution in [0.3, 0.4) is 0 Å². The Morgan fingerprint density at radius 3 is 2.59 bits per heavy atom. The van der Waals surface area contributed by atoms with Crippen molar-refractivity contribution in [2.75, 3.05) is 26.7 Å². The van der Waals surface area contributed by atoms with Crippen molar-refractivity contribution in [3.05, 3.63) is 0 Å². The maximum absolute atomic E-state index is 12.6. The van der Waals surface area contributed by atoms with Gasteiger partial charge in [-0.3, -0.25) is 9.79 Å². The maximum atomic E-state index is 12.6. The molecule has 22 heavy (non-hydrogen) atoms. The Labute approximate surface area is 133 Å². The van der Waals surface area contributed by atoms with Gasteiger partial charge >= 0.3 is 0 Å². The molecule has 0 radical (unpaired) electrons. The second kappa shape index (κ2) is 7.34. The molecule has 0 bridgehead atoms. The Balaban J connectivity index is 1.43. The topological polar surface area (TPSA) is 56.7 Å². The van der Waals surface area contributed by atoms with Crippen LogP contribution in [0, 0.1) is 11.8 Å². The van der Waals surface area contributed by atoms with Gasteiger partial charge in [0.2, 0.25) is 5.91 Å². The van der Waals surface area contributed by atoms with E-state index in [1.165, 1.54) is 32.1 Å².